The number of benzene rings is 1. The first-order chi connectivity index (χ1) is 9.94. The molecule has 0 unspecified atom stereocenters. The molecule has 2 N–H and O–H groups in total. The SMILES string of the molecule is CCCNCc1ccc2ccn(CC(C)(C)C(=O)O)c2c1. The number of hydrogen-bond acceptors (Lipinski definition) is 2. The minimum Gasteiger partial charge on any atom is -0.481 e. The largest absolute Gasteiger partial charge is 0.481 e. The molecule has 1 aromatic carbocycles. The van der Waals surface area contributed by atoms with Gasteiger partial charge in [0.05, 0.1) is 5.41 Å². The van der Waals surface area contributed by atoms with Gasteiger partial charge in [-0.15, -0.1) is 0 Å². The number of aliphatic carboxylic acids is 1. The molecule has 0 aliphatic rings. The van der Waals surface area contributed by atoms with Crippen LogP contribution in [0.4, 0.5) is 0 Å². The molecule has 0 spiro atoms. The first-order valence-electron chi connectivity index (χ1n) is 7.46. The number of fused-ring (bicyclic) bond motifs is 1. The lowest BCUT2D eigenvalue weighted by Gasteiger charge is -2.20. The van der Waals surface area contributed by atoms with E-state index in [-0.39, 0.29) is 0 Å². The van der Waals surface area contributed by atoms with Crippen LogP contribution < -0.4 is 5.32 Å². The zero-order valence-corrected chi connectivity index (χ0v) is 13.0. The van der Waals surface area contributed by atoms with Crippen LogP contribution in [0.3, 0.4) is 0 Å². The molecule has 1 aromatic heterocycles. The monoisotopic (exact) mass is 288 g/mol. The number of carboxylic acids is 1. The van der Waals surface area contributed by atoms with Crippen molar-refractivity contribution in [3.8, 4) is 0 Å². The maximum Gasteiger partial charge on any atom is 0.310 e. The van der Waals surface area contributed by atoms with Crippen molar-refractivity contribution in [3.63, 3.8) is 0 Å². The van der Waals surface area contributed by atoms with Crippen molar-refractivity contribution in [1.82, 2.24) is 9.88 Å². The third-order valence-electron chi connectivity index (χ3n) is 3.74. The van der Waals surface area contributed by atoms with Gasteiger partial charge in [0.25, 0.3) is 0 Å². The van der Waals surface area contributed by atoms with Crippen molar-refractivity contribution >= 4 is 16.9 Å². The summed E-state index contributed by atoms with van der Waals surface area (Å²) >= 11 is 0. The first kappa shape index (κ1) is 15.6. The maximum absolute atomic E-state index is 11.3. The summed E-state index contributed by atoms with van der Waals surface area (Å²) in [6.45, 7) is 7.98. The Morgan fingerprint density at radius 1 is 1.33 bits per heavy atom. The van der Waals surface area contributed by atoms with E-state index in [2.05, 4.69) is 30.4 Å². The second kappa shape index (κ2) is 6.31. The fourth-order valence-corrected chi connectivity index (χ4v) is 2.38. The van der Waals surface area contributed by atoms with E-state index in [9.17, 15) is 9.90 Å². The number of carboxylic acid groups (broad SMARTS) is 1. The average molecular weight is 288 g/mol. The Morgan fingerprint density at radius 3 is 2.76 bits per heavy atom. The first-order valence-corrected chi connectivity index (χ1v) is 7.46. The Labute approximate surface area is 125 Å². The van der Waals surface area contributed by atoms with E-state index in [1.807, 2.05) is 16.8 Å². The smallest absolute Gasteiger partial charge is 0.310 e. The van der Waals surface area contributed by atoms with Crippen molar-refractivity contribution < 1.29 is 9.90 Å². The van der Waals surface area contributed by atoms with Gasteiger partial charge in [-0.3, -0.25) is 4.79 Å². The van der Waals surface area contributed by atoms with Gasteiger partial charge in [-0.05, 0) is 49.9 Å². The zero-order chi connectivity index (χ0) is 15.5. The van der Waals surface area contributed by atoms with Gasteiger partial charge in [-0.25, -0.2) is 0 Å². The van der Waals surface area contributed by atoms with Gasteiger partial charge >= 0.3 is 5.97 Å². The molecule has 4 heteroatoms. The summed E-state index contributed by atoms with van der Waals surface area (Å²) in [5.74, 6) is -0.773. The van der Waals surface area contributed by atoms with E-state index >= 15 is 0 Å². The molecular formula is C17H24N2O2. The van der Waals surface area contributed by atoms with E-state index in [1.54, 1.807) is 13.8 Å². The molecule has 21 heavy (non-hydrogen) atoms. The van der Waals surface area contributed by atoms with Crippen LogP contribution in [0, 0.1) is 5.41 Å². The summed E-state index contributed by atoms with van der Waals surface area (Å²) in [4.78, 5) is 11.3. The summed E-state index contributed by atoms with van der Waals surface area (Å²) in [5.41, 5.74) is 1.55. The normalized spacial score (nSPS) is 12.0. The molecule has 114 valence electrons. The molecule has 2 rings (SSSR count). The number of hydrogen-bond donors (Lipinski definition) is 2. The molecule has 0 radical (unpaired) electrons. The highest BCUT2D eigenvalue weighted by molar-refractivity contribution is 5.81. The van der Waals surface area contributed by atoms with Crippen LogP contribution in [-0.2, 0) is 17.9 Å². The second-order valence-corrected chi connectivity index (χ2v) is 6.20. The summed E-state index contributed by atoms with van der Waals surface area (Å²) in [7, 11) is 0. The Balaban J connectivity index is 2.24. The fourth-order valence-electron chi connectivity index (χ4n) is 2.38. The van der Waals surface area contributed by atoms with Crippen LogP contribution in [0.25, 0.3) is 10.9 Å². The predicted molar refractivity (Wildman–Crippen MR) is 85.4 cm³/mol. The highest BCUT2D eigenvalue weighted by Crippen LogP contribution is 2.24. The molecule has 0 aliphatic heterocycles. The maximum atomic E-state index is 11.3. The molecule has 0 amide bonds. The molecule has 0 fully saturated rings. The Bertz CT molecular complexity index is 629. The lowest BCUT2D eigenvalue weighted by atomic mass is 9.94. The van der Waals surface area contributed by atoms with Crippen molar-refractivity contribution in [1.29, 1.82) is 0 Å². The fraction of sp³-hybridized carbons (Fsp3) is 0.471. The third-order valence-corrected chi connectivity index (χ3v) is 3.74. The van der Waals surface area contributed by atoms with E-state index in [0.29, 0.717) is 6.54 Å². The van der Waals surface area contributed by atoms with Crippen LogP contribution in [0.5, 0.6) is 0 Å². The van der Waals surface area contributed by atoms with Gasteiger partial charge in [0, 0.05) is 24.8 Å². The van der Waals surface area contributed by atoms with Crippen molar-refractivity contribution in [3.05, 3.63) is 36.0 Å². The lowest BCUT2D eigenvalue weighted by Crippen LogP contribution is -2.28. The van der Waals surface area contributed by atoms with Crippen LogP contribution in [0.1, 0.15) is 32.8 Å². The summed E-state index contributed by atoms with van der Waals surface area (Å²) < 4.78 is 2.03. The van der Waals surface area contributed by atoms with Gasteiger partial charge in [-0.2, -0.15) is 0 Å². The number of rotatable bonds is 7. The van der Waals surface area contributed by atoms with Crippen LogP contribution >= 0.6 is 0 Å². The molecule has 0 bridgehead atoms. The molecule has 4 nitrogen and oxygen atoms in total. The van der Waals surface area contributed by atoms with Gasteiger partial charge in [0.2, 0.25) is 0 Å². The van der Waals surface area contributed by atoms with Crippen LogP contribution in [0.2, 0.25) is 0 Å². The van der Waals surface area contributed by atoms with Crippen LogP contribution in [-0.4, -0.2) is 22.2 Å². The highest BCUT2D eigenvalue weighted by Gasteiger charge is 2.27. The average Bonchev–Trinajstić information content (AvgIpc) is 2.81. The number of carbonyl (C=O) groups is 1. The van der Waals surface area contributed by atoms with Crippen molar-refractivity contribution in [2.24, 2.45) is 5.41 Å². The lowest BCUT2D eigenvalue weighted by molar-refractivity contribution is -0.147. The minimum absolute atomic E-state index is 0.470. The molecular weight excluding hydrogens is 264 g/mol. The van der Waals surface area contributed by atoms with Gasteiger partial charge in [0.1, 0.15) is 0 Å². The minimum atomic E-state index is -0.775. The zero-order valence-electron chi connectivity index (χ0n) is 13.0. The molecule has 0 saturated carbocycles. The van der Waals surface area contributed by atoms with E-state index in [0.717, 1.165) is 30.4 Å². The second-order valence-electron chi connectivity index (χ2n) is 6.20. The van der Waals surface area contributed by atoms with Crippen molar-refractivity contribution in [2.75, 3.05) is 6.54 Å². The highest BCUT2D eigenvalue weighted by atomic mass is 16.4. The van der Waals surface area contributed by atoms with E-state index in [4.69, 9.17) is 0 Å². The topological polar surface area (TPSA) is 54.3 Å². The van der Waals surface area contributed by atoms with Crippen molar-refractivity contribution in [2.45, 2.75) is 40.3 Å². The van der Waals surface area contributed by atoms with Gasteiger partial charge in [-0.1, -0.05) is 19.1 Å². The van der Waals surface area contributed by atoms with E-state index in [1.165, 1.54) is 5.56 Å². The molecule has 0 atom stereocenters. The molecule has 0 saturated heterocycles. The van der Waals surface area contributed by atoms with E-state index < -0.39 is 11.4 Å². The molecule has 0 aliphatic carbocycles. The Morgan fingerprint density at radius 2 is 2.10 bits per heavy atom. The third kappa shape index (κ3) is 3.64. The predicted octanol–water partition coefficient (Wildman–Crippen LogP) is 3.25. The number of nitrogens with one attached hydrogen (secondary N) is 1. The molecule has 1 heterocycles. The summed E-state index contributed by atoms with van der Waals surface area (Å²) in [6, 6.07) is 8.41. The van der Waals surface area contributed by atoms with Gasteiger partial charge < -0.3 is 15.0 Å². The summed E-state index contributed by atoms with van der Waals surface area (Å²) in [5, 5.41) is 13.8. The summed E-state index contributed by atoms with van der Waals surface area (Å²) in [6.07, 6.45) is 3.09. The quantitative estimate of drug-likeness (QED) is 0.769. The van der Waals surface area contributed by atoms with Crippen LogP contribution in [0.15, 0.2) is 30.5 Å². The van der Waals surface area contributed by atoms with Gasteiger partial charge in [0.15, 0.2) is 0 Å². The number of nitrogens with zero attached hydrogens (tertiary/aromatic N) is 1. The standard InChI is InChI=1S/C17H24N2O2/c1-4-8-18-11-13-5-6-14-7-9-19(15(14)10-13)12-17(2,3)16(20)21/h5-7,9-10,18H,4,8,11-12H2,1-3H3,(H,20,21). The Kier molecular flexibility index (Phi) is 4.68. The number of aromatic nitrogens is 1. The Hall–Kier alpha value is -1.81. The molecule has 2 aromatic rings.